The van der Waals surface area contributed by atoms with Gasteiger partial charge in [-0.25, -0.2) is 0 Å². The molecule has 1 amide bonds. The van der Waals surface area contributed by atoms with Gasteiger partial charge in [0.25, 0.3) is 11.8 Å². The number of amides is 1. The second-order valence-corrected chi connectivity index (χ2v) is 6.40. The van der Waals surface area contributed by atoms with Crippen LogP contribution < -0.4 is 4.74 Å². The third kappa shape index (κ3) is 3.46. The molecule has 3 heterocycles. The zero-order valence-electron chi connectivity index (χ0n) is 14.4. The van der Waals surface area contributed by atoms with E-state index in [1.54, 1.807) is 11.0 Å². The molecule has 134 valence electrons. The summed E-state index contributed by atoms with van der Waals surface area (Å²) in [5.74, 6) is 1.85. The van der Waals surface area contributed by atoms with Crippen LogP contribution in [0.25, 0.3) is 0 Å². The van der Waals surface area contributed by atoms with E-state index in [1.807, 2.05) is 31.2 Å². The van der Waals surface area contributed by atoms with Gasteiger partial charge < -0.3 is 18.6 Å². The summed E-state index contributed by atoms with van der Waals surface area (Å²) in [6.45, 7) is 3.48. The van der Waals surface area contributed by atoms with Gasteiger partial charge in [0, 0.05) is 19.0 Å². The molecule has 3 aromatic rings. The number of carbonyl (C=O) groups excluding carboxylic acids is 1. The van der Waals surface area contributed by atoms with E-state index in [4.69, 9.17) is 13.7 Å². The average Bonchev–Trinajstić information content (AvgIpc) is 3.41. The Hall–Kier alpha value is -3.09. The average molecular weight is 353 g/mol. The minimum absolute atomic E-state index is 0.0346. The molecular weight excluding hydrogens is 334 g/mol. The molecule has 1 saturated heterocycles. The van der Waals surface area contributed by atoms with Crippen molar-refractivity contribution in [2.24, 2.45) is 0 Å². The van der Waals surface area contributed by atoms with Crippen molar-refractivity contribution < 1.29 is 18.5 Å². The van der Waals surface area contributed by atoms with Crippen LogP contribution in [0.2, 0.25) is 0 Å². The van der Waals surface area contributed by atoms with Gasteiger partial charge in [0.15, 0.2) is 12.4 Å². The zero-order chi connectivity index (χ0) is 17.9. The van der Waals surface area contributed by atoms with Crippen molar-refractivity contribution in [2.45, 2.75) is 25.9 Å². The molecule has 4 rings (SSSR count). The first-order chi connectivity index (χ1) is 12.7. The van der Waals surface area contributed by atoms with Gasteiger partial charge in [0.1, 0.15) is 12.0 Å². The number of aromatic nitrogens is 2. The predicted molar refractivity (Wildman–Crippen MR) is 91.8 cm³/mol. The second-order valence-electron chi connectivity index (χ2n) is 6.40. The molecule has 7 nitrogen and oxygen atoms in total. The molecule has 7 heteroatoms. The fraction of sp³-hybridized carbons (Fsp3) is 0.316. The minimum atomic E-state index is -0.0346. The summed E-state index contributed by atoms with van der Waals surface area (Å²) in [6, 6.07) is 9.45. The first-order valence-electron chi connectivity index (χ1n) is 8.52. The maximum absolute atomic E-state index is 12.4. The van der Waals surface area contributed by atoms with Crippen LogP contribution in [-0.4, -0.2) is 34.0 Å². The minimum Gasteiger partial charge on any atom is -0.484 e. The number of ether oxygens (including phenoxy) is 1. The van der Waals surface area contributed by atoms with Crippen LogP contribution in [0.4, 0.5) is 0 Å². The summed E-state index contributed by atoms with van der Waals surface area (Å²) >= 11 is 0. The predicted octanol–water partition coefficient (Wildman–Crippen LogP) is 3.18. The van der Waals surface area contributed by atoms with Gasteiger partial charge in [-0.05, 0) is 31.5 Å². The molecule has 0 saturated carbocycles. The van der Waals surface area contributed by atoms with Crippen LogP contribution in [0.5, 0.6) is 5.75 Å². The highest BCUT2D eigenvalue weighted by molar-refractivity contribution is 5.94. The molecule has 1 aromatic carbocycles. The number of nitrogens with zero attached hydrogens (tertiary/aromatic N) is 3. The molecule has 26 heavy (non-hydrogen) atoms. The fourth-order valence-corrected chi connectivity index (χ4v) is 3.00. The highest BCUT2D eigenvalue weighted by atomic mass is 16.5. The van der Waals surface area contributed by atoms with Crippen molar-refractivity contribution in [1.82, 2.24) is 15.0 Å². The summed E-state index contributed by atoms with van der Waals surface area (Å²) in [5, 5.41) is 4.06. The van der Waals surface area contributed by atoms with E-state index in [0.29, 0.717) is 30.4 Å². The molecule has 1 aliphatic rings. The van der Waals surface area contributed by atoms with Crippen molar-refractivity contribution >= 4 is 5.91 Å². The van der Waals surface area contributed by atoms with E-state index < -0.39 is 0 Å². The molecule has 1 atom stereocenters. The number of aryl methyl sites for hydroxylation is 1. The molecule has 0 aliphatic carbocycles. The summed E-state index contributed by atoms with van der Waals surface area (Å²) in [7, 11) is 0. The van der Waals surface area contributed by atoms with Crippen LogP contribution in [0.3, 0.4) is 0 Å². The van der Waals surface area contributed by atoms with Crippen LogP contribution >= 0.6 is 0 Å². The van der Waals surface area contributed by atoms with Gasteiger partial charge in [-0.2, -0.15) is 4.98 Å². The maximum Gasteiger partial charge on any atom is 0.264 e. The molecule has 0 radical (unpaired) electrons. The summed E-state index contributed by atoms with van der Waals surface area (Å²) in [5.41, 5.74) is 1.74. The highest BCUT2D eigenvalue weighted by Gasteiger charge is 2.31. The Labute approximate surface area is 150 Å². The third-order valence-electron chi connectivity index (χ3n) is 4.48. The monoisotopic (exact) mass is 353 g/mol. The molecule has 1 unspecified atom stereocenters. The number of rotatable bonds is 5. The van der Waals surface area contributed by atoms with Crippen LogP contribution in [-0.2, 0) is 6.61 Å². The lowest BCUT2D eigenvalue weighted by atomic mass is 10.1. The number of benzene rings is 1. The number of likely N-dealkylation sites (tertiary alicyclic amines) is 1. The van der Waals surface area contributed by atoms with Crippen LogP contribution in [0, 0.1) is 6.92 Å². The van der Waals surface area contributed by atoms with Gasteiger partial charge in [0.05, 0.1) is 11.8 Å². The maximum atomic E-state index is 12.4. The lowest BCUT2D eigenvalue weighted by molar-refractivity contribution is 0.0789. The van der Waals surface area contributed by atoms with Gasteiger partial charge in [-0.15, -0.1) is 0 Å². The number of furan rings is 1. The fourth-order valence-electron chi connectivity index (χ4n) is 3.00. The van der Waals surface area contributed by atoms with E-state index in [2.05, 4.69) is 10.1 Å². The lowest BCUT2D eigenvalue weighted by Crippen LogP contribution is -2.28. The van der Waals surface area contributed by atoms with Crippen molar-refractivity contribution in [3.8, 4) is 5.75 Å². The first kappa shape index (κ1) is 16.4. The van der Waals surface area contributed by atoms with Crippen molar-refractivity contribution in [1.29, 1.82) is 0 Å². The van der Waals surface area contributed by atoms with Gasteiger partial charge in [0.2, 0.25) is 0 Å². The Morgan fingerprint density at radius 2 is 2.15 bits per heavy atom. The van der Waals surface area contributed by atoms with E-state index in [9.17, 15) is 4.79 Å². The second kappa shape index (κ2) is 7.03. The van der Waals surface area contributed by atoms with E-state index in [0.717, 1.165) is 12.2 Å². The van der Waals surface area contributed by atoms with Crippen LogP contribution in [0.15, 0.2) is 51.8 Å². The standard InChI is InChI=1S/C19H19N3O4/c1-13-2-4-16(5-3-13)25-12-17-20-18(21-26-17)14-6-8-22(10-14)19(23)15-7-9-24-11-15/h2-5,7,9,11,14H,6,8,10,12H2,1H3. The van der Waals surface area contributed by atoms with Crippen LogP contribution in [0.1, 0.15) is 40.0 Å². The third-order valence-corrected chi connectivity index (χ3v) is 4.48. The van der Waals surface area contributed by atoms with Crippen molar-refractivity contribution in [3.63, 3.8) is 0 Å². The number of hydrogen-bond acceptors (Lipinski definition) is 6. The highest BCUT2D eigenvalue weighted by Crippen LogP contribution is 2.26. The molecular formula is C19H19N3O4. The van der Waals surface area contributed by atoms with Crippen molar-refractivity contribution in [2.75, 3.05) is 13.1 Å². The van der Waals surface area contributed by atoms with E-state index in [-0.39, 0.29) is 18.4 Å². The quantitative estimate of drug-likeness (QED) is 0.701. The summed E-state index contributed by atoms with van der Waals surface area (Å²) in [6.07, 6.45) is 3.77. The summed E-state index contributed by atoms with van der Waals surface area (Å²) in [4.78, 5) is 18.6. The SMILES string of the molecule is Cc1ccc(OCc2nc(C3CCN(C(=O)c4ccoc4)C3)no2)cc1. The Morgan fingerprint density at radius 1 is 1.31 bits per heavy atom. The number of carbonyl (C=O) groups is 1. The number of hydrogen-bond donors (Lipinski definition) is 0. The van der Waals surface area contributed by atoms with Gasteiger partial charge in [-0.1, -0.05) is 22.9 Å². The Balaban J connectivity index is 1.34. The molecule has 1 aliphatic heterocycles. The molecule has 0 bridgehead atoms. The molecule has 0 spiro atoms. The van der Waals surface area contributed by atoms with E-state index >= 15 is 0 Å². The largest absolute Gasteiger partial charge is 0.484 e. The molecule has 2 aromatic heterocycles. The molecule has 1 fully saturated rings. The summed E-state index contributed by atoms with van der Waals surface area (Å²) < 4.78 is 15.9. The molecule has 0 N–H and O–H groups in total. The van der Waals surface area contributed by atoms with Gasteiger partial charge in [-0.3, -0.25) is 4.79 Å². The topological polar surface area (TPSA) is 81.6 Å². The van der Waals surface area contributed by atoms with E-state index in [1.165, 1.54) is 18.1 Å². The zero-order valence-corrected chi connectivity index (χ0v) is 14.4. The van der Waals surface area contributed by atoms with Crippen molar-refractivity contribution in [3.05, 3.63) is 65.7 Å². The normalized spacial score (nSPS) is 16.8. The Bertz CT molecular complexity index is 871. The Kier molecular flexibility index (Phi) is 4.43. The smallest absolute Gasteiger partial charge is 0.264 e. The lowest BCUT2D eigenvalue weighted by Gasteiger charge is -2.14. The van der Waals surface area contributed by atoms with Gasteiger partial charge >= 0.3 is 0 Å². The first-order valence-corrected chi connectivity index (χ1v) is 8.52. The Morgan fingerprint density at radius 3 is 2.92 bits per heavy atom.